The minimum absolute atomic E-state index is 0.559. The van der Waals surface area contributed by atoms with Gasteiger partial charge < -0.3 is 24.8 Å². The predicted molar refractivity (Wildman–Crippen MR) is 102 cm³/mol. The Kier molecular flexibility index (Phi) is 11.5. The quantitative estimate of drug-likeness (QED) is 0.344. The van der Waals surface area contributed by atoms with E-state index in [1.807, 2.05) is 24.3 Å². The normalized spacial score (nSPS) is 11.6. The highest BCUT2D eigenvalue weighted by molar-refractivity contribution is 5.79. The van der Waals surface area contributed by atoms with Crippen molar-refractivity contribution in [2.24, 2.45) is 10.9 Å². The maximum absolute atomic E-state index is 5.59. The fourth-order valence-electron chi connectivity index (χ4n) is 2.02. The first-order valence-corrected chi connectivity index (χ1v) is 8.88. The summed E-state index contributed by atoms with van der Waals surface area (Å²) in [5.74, 6) is 2.30. The number of nitrogens with zero attached hydrogens (tertiary/aromatic N) is 1. The molecule has 0 aliphatic rings. The molecule has 0 fully saturated rings. The molecule has 0 amide bonds. The van der Waals surface area contributed by atoms with Crippen molar-refractivity contribution in [1.29, 1.82) is 0 Å². The van der Waals surface area contributed by atoms with E-state index in [0.29, 0.717) is 32.3 Å². The van der Waals surface area contributed by atoms with Crippen molar-refractivity contribution >= 4 is 5.96 Å². The SMILES string of the molecule is CN=C(NCCOCCC(C)C)NCc1ccc(OCCOC)cc1. The van der Waals surface area contributed by atoms with Gasteiger partial charge in [0.1, 0.15) is 12.4 Å². The summed E-state index contributed by atoms with van der Waals surface area (Å²) in [6.45, 7) is 8.48. The minimum atomic E-state index is 0.559. The summed E-state index contributed by atoms with van der Waals surface area (Å²) in [7, 11) is 3.43. The highest BCUT2D eigenvalue weighted by Crippen LogP contribution is 2.11. The second kappa shape index (κ2) is 13.5. The molecule has 0 unspecified atom stereocenters. The number of hydrogen-bond acceptors (Lipinski definition) is 4. The molecule has 25 heavy (non-hydrogen) atoms. The van der Waals surface area contributed by atoms with Crippen molar-refractivity contribution in [2.45, 2.75) is 26.8 Å². The average molecular weight is 351 g/mol. The molecule has 0 atom stereocenters. The van der Waals surface area contributed by atoms with Gasteiger partial charge in [0.15, 0.2) is 5.96 Å². The first kappa shape index (κ1) is 21.3. The summed E-state index contributed by atoms with van der Waals surface area (Å²) < 4.78 is 16.1. The van der Waals surface area contributed by atoms with Crippen LogP contribution in [-0.4, -0.2) is 53.1 Å². The number of ether oxygens (including phenoxy) is 3. The smallest absolute Gasteiger partial charge is 0.191 e. The molecule has 0 heterocycles. The predicted octanol–water partition coefficient (Wildman–Crippen LogP) is 2.44. The first-order valence-electron chi connectivity index (χ1n) is 8.88. The van der Waals surface area contributed by atoms with Crippen LogP contribution in [-0.2, 0) is 16.0 Å². The highest BCUT2D eigenvalue weighted by Gasteiger charge is 2.00. The summed E-state index contributed by atoms with van der Waals surface area (Å²) in [4.78, 5) is 4.22. The van der Waals surface area contributed by atoms with E-state index in [1.54, 1.807) is 14.2 Å². The lowest BCUT2D eigenvalue weighted by molar-refractivity contribution is 0.128. The van der Waals surface area contributed by atoms with Gasteiger partial charge in [-0.05, 0) is 30.0 Å². The van der Waals surface area contributed by atoms with Crippen LogP contribution in [0.2, 0.25) is 0 Å². The highest BCUT2D eigenvalue weighted by atomic mass is 16.5. The average Bonchev–Trinajstić information content (AvgIpc) is 2.61. The number of methoxy groups -OCH3 is 1. The van der Waals surface area contributed by atoms with Gasteiger partial charge in [0.05, 0.1) is 13.2 Å². The van der Waals surface area contributed by atoms with Gasteiger partial charge in [-0.3, -0.25) is 4.99 Å². The van der Waals surface area contributed by atoms with E-state index in [-0.39, 0.29) is 0 Å². The molecule has 0 saturated carbocycles. The second-order valence-corrected chi connectivity index (χ2v) is 6.13. The fraction of sp³-hybridized carbons (Fsp3) is 0.632. The zero-order valence-electron chi connectivity index (χ0n) is 16.0. The molecule has 0 aliphatic carbocycles. The molecule has 6 heteroatoms. The van der Waals surface area contributed by atoms with E-state index in [2.05, 4.69) is 29.5 Å². The lowest BCUT2D eigenvalue weighted by atomic mass is 10.1. The maximum atomic E-state index is 5.59. The fourth-order valence-corrected chi connectivity index (χ4v) is 2.02. The molecular formula is C19H33N3O3. The Morgan fingerprint density at radius 1 is 1.04 bits per heavy atom. The van der Waals surface area contributed by atoms with Crippen molar-refractivity contribution in [2.75, 3.05) is 47.1 Å². The van der Waals surface area contributed by atoms with Crippen molar-refractivity contribution in [3.05, 3.63) is 29.8 Å². The number of benzene rings is 1. The van der Waals surface area contributed by atoms with Crippen LogP contribution in [0.25, 0.3) is 0 Å². The van der Waals surface area contributed by atoms with Gasteiger partial charge in [-0.15, -0.1) is 0 Å². The van der Waals surface area contributed by atoms with Crippen LogP contribution in [0, 0.1) is 5.92 Å². The van der Waals surface area contributed by atoms with Crippen LogP contribution >= 0.6 is 0 Å². The molecule has 0 saturated heterocycles. The van der Waals surface area contributed by atoms with Gasteiger partial charge in [0.25, 0.3) is 0 Å². The molecule has 0 aromatic heterocycles. The largest absolute Gasteiger partial charge is 0.491 e. The molecule has 6 nitrogen and oxygen atoms in total. The summed E-state index contributed by atoms with van der Waals surface area (Å²) in [5, 5.41) is 6.54. The van der Waals surface area contributed by atoms with Gasteiger partial charge in [0.2, 0.25) is 0 Å². The third kappa shape index (κ3) is 10.6. The van der Waals surface area contributed by atoms with Gasteiger partial charge in [-0.25, -0.2) is 0 Å². The maximum Gasteiger partial charge on any atom is 0.191 e. The van der Waals surface area contributed by atoms with Crippen molar-refractivity contribution in [3.63, 3.8) is 0 Å². The van der Waals surface area contributed by atoms with E-state index in [1.165, 1.54) is 0 Å². The summed E-state index contributed by atoms with van der Waals surface area (Å²) in [6.07, 6.45) is 1.10. The van der Waals surface area contributed by atoms with Crippen LogP contribution in [0.5, 0.6) is 5.75 Å². The Morgan fingerprint density at radius 2 is 1.80 bits per heavy atom. The second-order valence-electron chi connectivity index (χ2n) is 6.13. The zero-order valence-corrected chi connectivity index (χ0v) is 16.0. The third-order valence-electron chi connectivity index (χ3n) is 3.54. The third-order valence-corrected chi connectivity index (χ3v) is 3.54. The van der Waals surface area contributed by atoms with E-state index in [9.17, 15) is 0 Å². The number of rotatable bonds is 12. The van der Waals surface area contributed by atoms with Crippen molar-refractivity contribution < 1.29 is 14.2 Å². The zero-order chi connectivity index (χ0) is 18.3. The van der Waals surface area contributed by atoms with Crippen molar-refractivity contribution in [1.82, 2.24) is 10.6 Å². The molecule has 142 valence electrons. The molecule has 0 radical (unpaired) electrons. The molecule has 1 aromatic carbocycles. The minimum Gasteiger partial charge on any atom is -0.491 e. The molecule has 2 N–H and O–H groups in total. The van der Waals surface area contributed by atoms with Crippen LogP contribution < -0.4 is 15.4 Å². The first-order chi connectivity index (χ1) is 12.2. The Bertz CT molecular complexity index is 475. The molecule has 1 aromatic rings. The summed E-state index contributed by atoms with van der Waals surface area (Å²) in [6, 6.07) is 8.01. The van der Waals surface area contributed by atoms with Crippen molar-refractivity contribution in [3.8, 4) is 5.75 Å². The Balaban J connectivity index is 2.21. The number of hydrogen-bond donors (Lipinski definition) is 2. The van der Waals surface area contributed by atoms with E-state index >= 15 is 0 Å². The lowest BCUT2D eigenvalue weighted by Crippen LogP contribution is -2.38. The number of guanidine groups is 1. The summed E-state index contributed by atoms with van der Waals surface area (Å²) in [5.41, 5.74) is 1.16. The Labute approximate surface area is 152 Å². The Hall–Kier alpha value is -1.79. The number of nitrogens with one attached hydrogen (secondary N) is 2. The number of aliphatic imine (C=N–C) groups is 1. The molecule has 1 rings (SSSR count). The van der Waals surface area contributed by atoms with Crippen LogP contribution in [0.4, 0.5) is 0 Å². The topological polar surface area (TPSA) is 64.1 Å². The van der Waals surface area contributed by atoms with Gasteiger partial charge in [0, 0.05) is 33.9 Å². The van der Waals surface area contributed by atoms with Crippen LogP contribution in [0.3, 0.4) is 0 Å². The Morgan fingerprint density at radius 3 is 2.44 bits per heavy atom. The van der Waals surface area contributed by atoms with Gasteiger partial charge >= 0.3 is 0 Å². The van der Waals surface area contributed by atoms with Gasteiger partial charge in [-0.2, -0.15) is 0 Å². The standard InChI is InChI=1S/C19H33N3O3/c1-16(2)9-11-24-12-10-21-19(20-3)22-15-17-5-7-18(8-6-17)25-14-13-23-4/h5-8,16H,9-15H2,1-4H3,(H2,20,21,22). The molecule has 0 bridgehead atoms. The van der Waals surface area contributed by atoms with E-state index < -0.39 is 0 Å². The van der Waals surface area contributed by atoms with E-state index in [4.69, 9.17) is 14.2 Å². The van der Waals surface area contributed by atoms with Crippen LogP contribution in [0.15, 0.2) is 29.3 Å². The molecule has 0 spiro atoms. The molecule has 0 aliphatic heterocycles. The lowest BCUT2D eigenvalue weighted by Gasteiger charge is -2.13. The molecular weight excluding hydrogens is 318 g/mol. The van der Waals surface area contributed by atoms with Gasteiger partial charge in [-0.1, -0.05) is 26.0 Å². The van der Waals surface area contributed by atoms with Crippen LogP contribution in [0.1, 0.15) is 25.8 Å². The van der Waals surface area contributed by atoms with E-state index in [0.717, 1.165) is 36.8 Å². The monoisotopic (exact) mass is 351 g/mol. The summed E-state index contributed by atoms with van der Waals surface area (Å²) >= 11 is 0.